The summed E-state index contributed by atoms with van der Waals surface area (Å²) in [7, 11) is 0. The summed E-state index contributed by atoms with van der Waals surface area (Å²) in [5.74, 6) is 0.797. The largest absolute Gasteiger partial charge is 0.340 e. The molecule has 4 heteroatoms. The molecule has 2 aliphatic rings. The van der Waals surface area contributed by atoms with E-state index in [4.69, 9.17) is 5.73 Å². The van der Waals surface area contributed by atoms with Crippen LogP contribution in [0.1, 0.15) is 39.0 Å². The number of piperazine rings is 1. The third-order valence-electron chi connectivity index (χ3n) is 4.44. The highest BCUT2D eigenvalue weighted by Gasteiger charge is 2.30. The number of amides is 1. The molecule has 2 saturated heterocycles. The Morgan fingerprint density at radius 2 is 2.17 bits per heavy atom. The second-order valence-electron chi connectivity index (χ2n) is 5.90. The number of fused-ring (bicyclic) bond motifs is 1. The van der Waals surface area contributed by atoms with E-state index in [2.05, 4.69) is 16.7 Å². The van der Waals surface area contributed by atoms with Crippen LogP contribution in [0.5, 0.6) is 0 Å². The zero-order valence-corrected chi connectivity index (χ0v) is 11.6. The Kier molecular flexibility index (Phi) is 5.01. The first-order chi connectivity index (χ1) is 8.70. The highest BCUT2D eigenvalue weighted by molar-refractivity contribution is 5.76. The number of piperidine rings is 1. The quantitative estimate of drug-likeness (QED) is 0.815. The van der Waals surface area contributed by atoms with Gasteiger partial charge in [0, 0.05) is 32.1 Å². The lowest BCUT2D eigenvalue weighted by atomic mass is 9.99. The standard InChI is InChI=1S/C14H27N3O/c1-12(10-15)5-6-14(18)17-9-8-16-7-3-2-4-13(16)11-17/h12-13H,2-11,15H2,1H3. The minimum absolute atomic E-state index is 0.334. The van der Waals surface area contributed by atoms with E-state index < -0.39 is 0 Å². The molecule has 0 aromatic heterocycles. The monoisotopic (exact) mass is 253 g/mol. The zero-order chi connectivity index (χ0) is 13.0. The molecule has 2 unspecified atom stereocenters. The van der Waals surface area contributed by atoms with E-state index in [9.17, 15) is 4.79 Å². The third-order valence-corrected chi connectivity index (χ3v) is 4.44. The van der Waals surface area contributed by atoms with E-state index in [0.717, 1.165) is 26.1 Å². The van der Waals surface area contributed by atoms with Gasteiger partial charge in [-0.3, -0.25) is 9.69 Å². The summed E-state index contributed by atoms with van der Waals surface area (Å²) in [5, 5.41) is 0. The van der Waals surface area contributed by atoms with Crippen LogP contribution < -0.4 is 5.73 Å². The zero-order valence-electron chi connectivity index (χ0n) is 11.6. The molecule has 0 aliphatic carbocycles. The van der Waals surface area contributed by atoms with Gasteiger partial charge in [0.1, 0.15) is 0 Å². The van der Waals surface area contributed by atoms with Gasteiger partial charge in [-0.2, -0.15) is 0 Å². The molecule has 0 saturated carbocycles. The molecule has 2 rings (SSSR count). The molecule has 2 N–H and O–H groups in total. The molecule has 0 aromatic rings. The Hall–Kier alpha value is -0.610. The van der Waals surface area contributed by atoms with Crippen LogP contribution in [0.3, 0.4) is 0 Å². The van der Waals surface area contributed by atoms with Crippen molar-refractivity contribution in [1.29, 1.82) is 0 Å². The number of hydrogen-bond acceptors (Lipinski definition) is 3. The van der Waals surface area contributed by atoms with Gasteiger partial charge < -0.3 is 10.6 Å². The predicted molar refractivity (Wildman–Crippen MR) is 73.2 cm³/mol. The Balaban J connectivity index is 1.77. The van der Waals surface area contributed by atoms with Crippen molar-refractivity contribution in [2.24, 2.45) is 11.7 Å². The molecule has 2 fully saturated rings. The number of carbonyl (C=O) groups excluding carboxylic acids is 1. The molecule has 4 nitrogen and oxygen atoms in total. The highest BCUT2D eigenvalue weighted by Crippen LogP contribution is 2.21. The van der Waals surface area contributed by atoms with Crippen molar-refractivity contribution in [3.8, 4) is 0 Å². The van der Waals surface area contributed by atoms with Crippen LogP contribution in [0.15, 0.2) is 0 Å². The normalized spacial score (nSPS) is 26.8. The van der Waals surface area contributed by atoms with Crippen molar-refractivity contribution in [2.45, 2.75) is 45.1 Å². The SMILES string of the molecule is CC(CN)CCC(=O)N1CCN2CCCCC2C1. The Morgan fingerprint density at radius 3 is 2.94 bits per heavy atom. The lowest BCUT2D eigenvalue weighted by Crippen LogP contribution is -2.56. The molecular formula is C14H27N3O. The van der Waals surface area contributed by atoms with Gasteiger partial charge in [0.25, 0.3) is 0 Å². The summed E-state index contributed by atoms with van der Waals surface area (Å²) in [5.41, 5.74) is 5.59. The minimum atomic E-state index is 0.334. The van der Waals surface area contributed by atoms with Crippen LogP contribution in [-0.4, -0.2) is 54.5 Å². The number of nitrogens with two attached hydrogens (primary N) is 1. The van der Waals surface area contributed by atoms with E-state index in [1.807, 2.05) is 0 Å². The number of rotatable bonds is 4. The molecule has 0 radical (unpaired) electrons. The van der Waals surface area contributed by atoms with Crippen molar-refractivity contribution in [1.82, 2.24) is 9.80 Å². The van der Waals surface area contributed by atoms with Gasteiger partial charge in [0.15, 0.2) is 0 Å². The molecule has 1 amide bonds. The summed E-state index contributed by atoms with van der Waals surface area (Å²) in [6.45, 7) is 6.98. The number of nitrogens with zero attached hydrogens (tertiary/aromatic N) is 2. The molecule has 2 atom stereocenters. The van der Waals surface area contributed by atoms with Crippen LogP contribution in [0, 0.1) is 5.92 Å². The topological polar surface area (TPSA) is 49.6 Å². The average Bonchev–Trinajstić information content (AvgIpc) is 2.43. The highest BCUT2D eigenvalue weighted by atomic mass is 16.2. The van der Waals surface area contributed by atoms with Gasteiger partial charge in [0.2, 0.25) is 5.91 Å². The Bertz CT molecular complexity index is 282. The van der Waals surface area contributed by atoms with E-state index in [0.29, 0.717) is 30.8 Å². The molecule has 0 bridgehead atoms. The maximum Gasteiger partial charge on any atom is 0.222 e. The molecular weight excluding hydrogens is 226 g/mol. The van der Waals surface area contributed by atoms with Crippen LogP contribution >= 0.6 is 0 Å². The first-order valence-electron chi connectivity index (χ1n) is 7.42. The van der Waals surface area contributed by atoms with Gasteiger partial charge in [0.05, 0.1) is 0 Å². The molecule has 2 aliphatic heterocycles. The van der Waals surface area contributed by atoms with Crippen molar-refractivity contribution >= 4 is 5.91 Å². The number of hydrogen-bond donors (Lipinski definition) is 1. The first kappa shape index (κ1) is 13.8. The molecule has 104 valence electrons. The summed E-state index contributed by atoms with van der Waals surface area (Å²) >= 11 is 0. The van der Waals surface area contributed by atoms with Crippen LogP contribution in [-0.2, 0) is 4.79 Å². The van der Waals surface area contributed by atoms with Crippen molar-refractivity contribution < 1.29 is 4.79 Å². The lowest BCUT2D eigenvalue weighted by molar-refractivity contribution is -0.135. The Morgan fingerprint density at radius 1 is 1.33 bits per heavy atom. The summed E-state index contributed by atoms with van der Waals surface area (Å²) in [4.78, 5) is 16.8. The molecule has 2 heterocycles. The number of carbonyl (C=O) groups is 1. The summed E-state index contributed by atoms with van der Waals surface area (Å²) < 4.78 is 0. The fourth-order valence-electron chi connectivity index (χ4n) is 3.03. The minimum Gasteiger partial charge on any atom is -0.340 e. The maximum absolute atomic E-state index is 12.2. The fourth-order valence-corrected chi connectivity index (χ4v) is 3.03. The van der Waals surface area contributed by atoms with E-state index in [-0.39, 0.29) is 0 Å². The predicted octanol–water partition coefficient (Wildman–Crippen LogP) is 1.06. The van der Waals surface area contributed by atoms with Gasteiger partial charge in [-0.15, -0.1) is 0 Å². The second kappa shape index (κ2) is 6.53. The van der Waals surface area contributed by atoms with Gasteiger partial charge in [-0.05, 0) is 38.3 Å². The van der Waals surface area contributed by atoms with Crippen molar-refractivity contribution in [3.05, 3.63) is 0 Å². The summed E-state index contributed by atoms with van der Waals surface area (Å²) in [6.07, 6.45) is 5.53. The van der Waals surface area contributed by atoms with Crippen molar-refractivity contribution in [2.75, 3.05) is 32.7 Å². The third kappa shape index (κ3) is 3.45. The first-order valence-corrected chi connectivity index (χ1v) is 7.42. The van der Waals surface area contributed by atoms with Gasteiger partial charge >= 0.3 is 0 Å². The van der Waals surface area contributed by atoms with Gasteiger partial charge in [-0.1, -0.05) is 13.3 Å². The van der Waals surface area contributed by atoms with Gasteiger partial charge in [-0.25, -0.2) is 0 Å². The fraction of sp³-hybridized carbons (Fsp3) is 0.929. The van der Waals surface area contributed by atoms with Crippen LogP contribution in [0.2, 0.25) is 0 Å². The second-order valence-corrected chi connectivity index (χ2v) is 5.90. The average molecular weight is 253 g/mol. The molecule has 0 aromatic carbocycles. The van der Waals surface area contributed by atoms with E-state index >= 15 is 0 Å². The van der Waals surface area contributed by atoms with E-state index in [1.54, 1.807) is 0 Å². The van der Waals surface area contributed by atoms with Crippen LogP contribution in [0.4, 0.5) is 0 Å². The molecule has 0 spiro atoms. The van der Waals surface area contributed by atoms with E-state index in [1.165, 1.54) is 25.8 Å². The molecule has 18 heavy (non-hydrogen) atoms. The van der Waals surface area contributed by atoms with Crippen LogP contribution in [0.25, 0.3) is 0 Å². The Labute approximate surface area is 110 Å². The lowest BCUT2D eigenvalue weighted by Gasteiger charge is -2.44. The van der Waals surface area contributed by atoms with Crippen molar-refractivity contribution in [3.63, 3.8) is 0 Å². The maximum atomic E-state index is 12.2. The smallest absolute Gasteiger partial charge is 0.222 e. The summed E-state index contributed by atoms with van der Waals surface area (Å²) in [6, 6.07) is 0.628.